The lowest BCUT2D eigenvalue weighted by molar-refractivity contribution is -0.136. The Morgan fingerprint density at radius 1 is 1.44 bits per heavy atom. The van der Waals surface area contributed by atoms with E-state index in [9.17, 15) is 9.59 Å². The van der Waals surface area contributed by atoms with Crippen molar-refractivity contribution < 1.29 is 14.4 Å². The maximum atomic E-state index is 11.5. The third-order valence-corrected chi connectivity index (χ3v) is 3.16. The first kappa shape index (κ1) is 11.0. The molecular weight excluding hydrogens is 210 g/mol. The molecular formula is C11H15NO4. The van der Waals surface area contributed by atoms with Crippen LogP contribution in [-0.4, -0.2) is 16.2 Å². The van der Waals surface area contributed by atoms with E-state index in [4.69, 9.17) is 9.63 Å². The third-order valence-electron chi connectivity index (χ3n) is 3.16. The van der Waals surface area contributed by atoms with Gasteiger partial charge in [0.05, 0.1) is 5.56 Å². The summed E-state index contributed by atoms with van der Waals surface area (Å²) in [5.41, 5.74) is 0.248. The fourth-order valence-electron chi connectivity index (χ4n) is 2.35. The van der Waals surface area contributed by atoms with Crippen LogP contribution in [-0.2, 0) is 17.6 Å². The van der Waals surface area contributed by atoms with Crippen LogP contribution in [0.5, 0.6) is 0 Å². The summed E-state index contributed by atoms with van der Waals surface area (Å²) in [5.74, 6) is -0.189. The summed E-state index contributed by atoms with van der Waals surface area (Å²) < 4.78 is 4.90. The first-order chi connectivity index (χ1) is 7.66. The number of hydrogen-bond acceptors (Lipinski definition) is 3. The Hall–Kier alpha value is -1.52. The van der Waals surface area contributed by atoms with Crippen LogP contribution in [0.2, 0.25) is 0 Å². The molecule has 1 fully saturated rings. The van der Waals surface area contributed by atoms with Crippen molar-refractivity contribution in [3.8, 4) is 0 Å². The smallest absolute Gasteiger partial charge is 0.311 e. The van der Waals surface area contributed by atoms with Gasteiger partial charge in [0.1, 0.15) is 6.42 Å². The van der Waals surface area contributed by atoms with Crippen molar-refractivity contribution in [1.82, 2.24) is 5.16 Å². The van der Waals surface area contributed by atoms with Crippen LogP contribution in [0.3, 0.4) is 0 Å². The summed E-state index contributed by atoms with van der Waals surface area (Å²) in [6, 6.07) is 0. The minimum absolute atomic E-state index is 0.221. The summed E-state index contributed by atoms with van der Waals surface area (Å²) >= 11 is 0. The van der Waals surface area contributed by atoms with Gasteiger partial charge in [-0.1, -0.05) is 25.7 Å². The average molecular weight is 225 g/mol. The maximum absolute atomic E-state index is 11.5. The molecule has 1 saturated carbocycles. The minimum Gasteiger partial charge on any atom is -0.481 e. The van der Waals surface area contributed by atoms with Gasteiger partial charge in [-0.25, -0.2) is 0 Å². The zero-order valence-corrected chi connectivity index (χ0v) is 8.99. The fourth-order valence-corrected chi connectivity index (χ4v) is 2.35. The Bertz CT molecular complexity index is 425. The van der Waals surface area contributed by atoms with Gasteiger partial charge in [-0.3, -0.25) is 9.59 Å². The van der Waals surface area contributed by atoms with Gasteiger partial charge in [0.15, 0.2) is 5.76 Å². The lowest BCUT2D eigenvalue weighted by Crippen LogP contribution is -2.13. The molecule has 0 saturated heterocycles. The SMILES string of the molecule is O=C(O)Cc1o[nH]c(=O)c1CC1CCCC1. The Morgan fingerprint density at radius 3 is 2.75 bits per heavy atom. The summed E-state index contributed by atoms with van der Waals surface area (Å²) in [6.07, 6.45) is 5.08. The molecule has 1 aromatic heterocycles. The number of rotatable bonds is 4. The second-order valence-corrected chi connectivity index (χ2v) is 4.36. The summed E-state index contributed by atoms with van der Waals surface area (Å²) in [7, 11) is 0. The van der Waals surface area contributed by atoms with E-state index < -0.39 is 5.97 Å². The van der Waals surface area contributed by atoms with Crippen molar-refractivity contribution in [2.24, 2.45) is 5.92 Å². The molecule has 2 N–H and O–H groups in total. The van der Waals surface area contributed by atoms with Crippen molar-refractivity contribution in [3.63, 3.8) is 0 Å². The Kier molecular flexibility index (Phi) is 3.12. The lowest BCUT2D eigenvalue weighted by Gasteiger charge is -2.06. The van der Waals surface area contributed by atoms with Crippen molar-refractivity contribution >= 4 is 5.97 Å². The summed E-state index contributed by atoms with van der Waals surface area (Å²) in [6.45, 7) is 0. The molecule has 0 aliphatic heterocycles. The zero-order valence-electron chi connectivity index (χ0n) is 8.99. The molecule has 1 aromatic rings. The standard InChI is InChI=1S/C11H15NO4/c13-10(14)6-9-8(11(15)12-16-9)5-7-3-1-2-4-7/h7H,1-6H2,(H,12,15)(H,13,14). The van der Waals surface area contributed by atoms with Gasteiger partial charge in [0.25, 0.3) is 5.56 Å². The van der Waals surface area contributed by atoms with Crippen LogP contribution in [0.25, 0.3) is 0 Å². The molecule has 5 nitrogen and oxygen atoms in total. The number of H-pyrrole nitrogens is 1. The molecule has 1 aliphatic rings. The van der Waals surface area contributed by atoms with Gasteiger partial charge in [-0.2, -0.15) is 5.16 Å². The molecule has 0 atom stereocenters. The van der Waals surface area contributed by atoms with Gasteiger partial charge < -0.3 is 9.63 Å². The Balaban J connectivity index is 2.14. The second kappa shape index (κ2) is 4.55. The highest BCUT2D eigenvalue weighted by molar-refractivity contribution is 5.69. The molecule has 0 unspecified atom stereocenters. The van der Waals surface area contributed by atoms with Crippen LogP contribution in [0, 0.1) is 5.92 Å². The zero-order chi connectivity index (χ0) is 11.5. The highest BCUT2D eigenvalue weighted by atomic mass is 16.5. The second-order valence-electron chi connectivity index (χ2n) is 4.36. The molecule has 16 heavy (non-hydrogen) atoms. The normalized spacial score (nSPS) is 16.8. The van der Waals surface area contributed by atoms with Gasteiger partial charge in [-0.05, 0) is 12.3 Å². The number of hydrogen-bond donors (Lipinski definition) is 2. The highest BCUT2D eigenvalue weighted by Crippen LogP contribution is 2.28. The fraction of sp³-hybridized carbons (Fsp3) is 0.636. The van der Waals surface area contributed by atoms with Crippen molar-refractivity contribution in [2.45, 2.75) is 38.5 Å². The topological polar surface area (TPSA) is 83.3 Å². The van der Waals surface area contributed by atoms with E-state index in [1.54, 1.807) is 0 Å². The van der Waals surface area contributed by atoms with Crippen LogP contribution in [0.4, 0.5) is 0 Å². The number of nitrogens with one attached hydrogen (secondary N) is 1. The van der Waals surface area contributed by atoms with E-state index in [0.29, 0.717) is 17.9 Å². The first-order valence-electron chi connectivity index (χ1n) is 5.58. The van der Waals surface area contributed by atoms with E-state index in [1.165, 1.54) is 12.8 Å². The average Bonchev–Trinajstić information content (AvgIpc) is 2.82. The van der Waals surface area contributed by atoms with E-state index in [2.05, 4.69) is 5.16 Å². The minimum atomic E-state index is -0.976. The molecule has 2 rings (SSSR count). The monoisotopic (exact) mass is 225 g/mol. The van der Waals surface area contributed by atoms with E-state index >= 15 is 0 Å². The van der Waals surface area contributed by atoms with E-state index in [0.717, 1.165) is 12.8 Å². The van der Waals surface area contributed by atoms with Crippen molar-refractivity contribution in [3.05, 3.63) is 21.7 Å². The number of carboxylic acid groups (broad SMARTS) is 1. The van der Waals surface area contributed by atoms with Crippen molar-refractivity contribution in [2.75, 3.05) is 0 Å². The molecule has 0 aromatic carbocycles. The largest absolute Gasteiger partial charge is 0.481 e. The van der Waals surface area contributed by atoms with Crippen LogP contribution in [0.1, 0.15) is 37.0 Å². The molecule has 88 valence electrons. The van der Waals surface area contributed by atoms with Gasteiger partial charge in [0, 0.05) is 0 Å². The van der Waals surface area contributed by atoms with Crippen molar-refractivity contribution in [1.29, 1.82) is 0 Å². The quantitative estimate of drug-likeness (QED) is 0.809. The molecule has 0 amide bonds. The van der Waals surface area contributed by atoms with Crippen LogP contribution < -0.4 is 5.56 Å². The highest BCUT2D eigenvalue weighted by Gasteiger charge is 2.22. The maximum Gasteiger partial charge on any atom is 0.311 e. The molecule has 1 aliphatic carbocycles. The predicted molar refractivity (Wildman–Crippen MR) is 56.3 cm³/mol. The molecule has 0 bridgehead atoms. The number of aromatic amines is 1. The molecule has 0 radical (unpaired) electrons. The number of aromatic nitrogens is 1. The third kappa shape index (κ3) is 2.35. The summed E-state index contributed by atoms with van der Waals surface area (Å²) in [4.78, 5) is 22.1. The molecule has 0 spiro atoms. The lowest BCUT2D eigenvalue weighted by atomic mass is 9.98. The van der Waals surface area contributed by atoms with Gasteiger partial charge in [-0.15, -0.1) is 0 Å². The number of carbonyl (C=O) groups is 1. The molecule has 5 heteroatoms. The van der Waals surface area contributed by atoms with Gasteiger partial charge >= 0.3 is 5.97 Å². The summed E-state index contributed by atoms with van der Waals surface area (Å²) in [5, 5.41) is 10.9. The predicted octanol–water partition coefficient (Wildman–Crippen LogP) is 1.33. The van der Waals surface area contributed by atoms with Gasteiger partial charge in [0.2, 0.25) is 0 Å². The number of carboxylic acids is 1. The first-order valence-corrected chi connectivity index (χ1v) is 5.58. The Labute approximate surface area is 92.4 Å². The molecule has 1 heterocycles. The van der Waals surface area contributed by atoms with Crippen LogP contribution >= 0.6 is 0 Å². The van der Waals surface area contributed by atoms with Crippen LogP contribution in [0.15, 0.2) is 9.32 Å². The van der Waals surface area contributed by atoms with E-state index in [-0.39, 0.29) is 17.7 Å². The van der Waals surface area contributed by atoms with E-state index in [1.807, 2.05) is 0 Å². The Morgan fingerprint density at radius 2 is 2.12 bits per heavy atom. The number of aliphatic carboxylic acids is 1.